The van der Waals surface area contributed by atoms with Crippen LogP contribution >= 0.6 is 24.8 Å². The molecule has 6 N–H and O–H groups in total. The number of nitrogens with two attached hydrogens (primary N) is 1. The van der Waals surface area contributed by atoms with Gasteiger partial charge in [-0.25, -0.2) is 31.1 Å². The molecule has 0 radical (unpaired) electrons. The molecule has 0 unspecified atom stereocenters. The lowest BCUT2D eigenvalue weighted by atomic mass is 9.83. The second-order valence-corrected chi connectivity index (χ2v) is 24.6. The average Bonchev–Trinajstić information content (AvgIpc) is 4.28. The molecule has 71 heavy (non-hydrogen) atoms. The number of hydrogen-bond donors (Lipinski definition) is 5. The lowest BCUT2D eigenvalue weighted by Crippen LogP contribution is -2.48. The van der Waals surface area contributed by atoms with Gasteiger partial charge in [-0.05, 0) is 163 Å². The number of piperidine rings is 2. The number of carboxylic acids is 1. The zero-order chi connectivity index (χ0) is 49.2. The molecule has 2 heterocycles. The Kier molecular flexibility index (Phi) is 26.5. The van der Waals surface area contributed by atoms with E-state index in [2.05, 4.69) is 38.4 Å². The summed E-state index contributed by atoms with van der Waals surface area (Å²) in [6.07, 6.45) is 18.0. The Hall–Kier alpha value is -2.42. The van der Waals surface area contributed by atoms with Gasteiger partial charge in [0.05, 0.1) is 29.3 Å². The first-order valence-electron chi connectivity index (χ1n) is 26.3. The van der Waals surface area contributed by atoms with Crippen LogP contribution in [0.4, 0.5) is 0 Å². The minimum atomic E-state index is -3.20. The summed E-state index contributed by atoms with van der Waals surface area (Å²) in [5, 5.41) is 11.6. The molecule has 4 aliphatic carbocycles. The van der Waals surface area contributed by atoms with E-state index in [1.807, 2.05) is 12.1 Å². The van der Waals surface area contributed by atoms with E-state index in [-0.39, 0.29) is 65.9 Å². The number of halogens is 2. The van der Waals surface area contributed by atoms with E-state index in [0.29, 0.717) is 23.4 Å². The summed E-state index contributed by atoms with van der Waals surface area (Å²) in [4.78, 5) is 28.8. The SMILES string of the molecule is CCOC[C@@H]1CCCN(C[C@H]2CCCC[C@@H]2N)C1.CCOC[C@@H]1CCCN(C[C@H]2CCCC[C@@H]2NC(=O)c2ccc(CNS(=O)(=O)C3CC3)cc2)C1.Cl.Cl.O=C(O)c1ccc(CNS(=O)(=O)C2CC2)cc1. The van der Waals surface area contributed by atoms with Crippen LogP contribution in [0.2, 0.25) is 0 Å². The van der Waals surface area contributed by atoms with Crippen molar-refractivity contribution in [1.29, 1.82) is 0 Å². The number of nitrogens with one attached hydrogen (secondary N) is 3. The van der Waals surface area contributed by atoms with E-state index < -0.39 is 26.0 Å². The van der Waals surface area contributed by atoms with Crippen molar-refractivity contribution in [1.82, 2.24) is 24.6 Å². The van der Waals surface area contributed by atoms with Crippen LogP contribution in [0, 0.1) is 23.7 Å². The smallest absolute Gasteiger partial charge is 0.335 e. The summed E-state index contributed by atoms with van der Waals surface area (Å²) in [6, 6.07) is 14.1. The third-order valence-corrected chi connectivity index (χ3v) is 18.6. The number of carbonyl (C=O) groups excluding carboxylic acids is 1. The zero-order valence-corrected chi connectivity index (χ0v) is 45.6. The van der Waals surface area contributed by atoms with E-state index in [1.54, 1.807) is 24.3 Å². The van der Waals surface area contributed by atoms with Gasteiger partial charge < -0.3 is 35.4 Å². The van der Waals surface area contributed by atoms with Gasteiger partial charge in [0.25, 0.3) is 5.91 Å². The number of hydrogen-bond acceptors (Lipinski definition) is 11. The van der Waals surface area contributed by atoms with Crippen molar-refractivity contribution in [2.24, 2.45) is 29.4 Å². The molecule has 1 amide bonds. The van der Waals surface area contributed by atoms with Crippen molar-refractivity contribution in [2.75, 3.05) is 65.7 Å². The summed E-state index contributed by atoms with van der Waals surface area (Å²) in [6.45, 7) is 15.1. The van der Waals surface area contributed by atoms with Crippen molar-refractivity contribution in [2.45, 2.75) is 152 Å². The topological polar surface area (TPSA) is 210 Å². The number of nitrogens with zero attached hydrogens (tertiary/aromatic N) is 2. The van der Waals surface area contributed by atoms with Crippen LogP contribution in [0.3, 0.4) is 0 Å². The van der Waals surface area contributed by atoms with Crippen LogP contribution in [-0.4, -0.2) is 132 Å². The molecule has 2 aromatic rings. The second-order valence-electron chi connectivity index (χ2n) is 20.5. The molecule has 19 heteroatoms. The van der Waals surface area contributed by atoms with Gasteiger partial charge in [0.15, 0.2) is 0 Å². The van der Waals surface area contributed by atoms with E-state index >= 15 is 0 Å². The molecule has 0 bridgehead atoms. The van der Waals surface area contributed by atoms with Crippen LogP contribution < -0.4 is 20.5 Å². The highest BCUT2D eigenvalue weighted by atomic mass is 35.5. The maximum Gasteiger partial charge on any atom is 0.335 e. The molecule has 6 atom stereocenters. The molecule has 15 nitrogen and oxygen atoms in total. The minimum absolute atomic E-state index is 0. The second kappa shape index (κ2) is 30.8. The lowest BCUT2D eigenvalue weighted by Gasteiger charge is -2.39. The number of carboxylic acid groups (broad SMARTS) is 1. The Morgan fingerprint density at radius 1 is 0.606 bits per heavy atom. The normalized spacial score (nSPS) is 25.2. The van der Waals surface area contributed by atoms with Crippen LogP contribution in [0.1, 0.15) is 148 Å². The first-order chi connectivity index (χ1) is 33.2. The predicted molar refractivity (Wildman–Crippen MR) is 286 cm³/mol. The van der Waals surface area contributed by atoms with Crippen molar-refractivity contribution >= 4 is 56.7 Å². The summed E-state index contributed by atoms with van der Waals surface area (Å²) >= 11 is 0. The molecule has 4 saturated carbocycles. The average molecular weight is 1070 g/mol. The highest BCUT2D eigenvalue weighted by Crippen LogP contribution is 2.30. The van der Waals surface area contributed by atoms with Gasteiger partial charge in [-0.3, -0.25) is 4.79 Å². The molecule has 8 rings (SSSR count). The van der Waals surface area contributed by atoms with Crippen LogP contribution in [0.5, 0.6) is 0 Å². The monoisotopic (exact) mass is 1070 g/mol. The lowest BCUT2D eigenvalue weighted by molar-refractivity contribution is 0.0547. The van der Waals surface area contributed by atoms with Crippen LogP contribution in [-0.2, 0) is 42.6 Å². The number of sulfonamides is 2. The first kappa shape index (κ1) is 61.1. The van der Waals surface area contributed by atoms with Gasteiger partial charge in [0.1, 0.15) is 0 Å². The van der Waals surface area contributed by atoms with Crippen LogP contribution in [0.15, 0.2) is 48.5 Å². The van der Waals surface area contributed by atoms with E-state index in [1.165, 1.54) is 89.6 Å². The minimum Gasteiger partial charge on any atom is -0.478 e. The van der Waals surface area contributed by atoms with Gasteiger partial charge >= 0.3 is 5.97 Å². The molecule has 404 valence electrons. The van der Waals surface area contributed by atoms with Crippen molar-refractivity contribution in [3.63, 3.8) is 0 Å². The molecule has 6 aliphatic rings. The fourth-order valence-corrected chi connectivity index (χ4v) is 13.1. The molecule has 2 saturated heterocycles. The molecular weight excluding hydrogens is 988 g/mol. The summed E-state index contributed by atoms with van der Waals surface area (Å²) in [7, 11) is -6.38. The Balaban J connectivity index is 0.000000250. The number of carbonyl (C=O) groups is 2. The maximum atomic E-state index is 13.0. The Morgan fingerprint density at radius 3 is 1.49 bits per heavy atom. The van der Waals surface area contributed by atoms with Gasteiger partial charge in [-0.1, -0.05) is 49.9 Å². The molecule has 2 aliphatic heterocycles. The van der Waals surface area contributed by atoms with E-state index in [0.717, 1.165) is 114 Å². The Morgan fingerprint density at radius 2 is 1.04 bits per heavy atom. The maximum absolute atomic E-state index is 13.0. The van der Waals surface area contributed by atoms with Gasteiger partial charge in [0, 0.05) is 70.1 Å². The molecule has 0 aromatic heterocycles. The molecule has 0 spiro atoms. The number of amides is 1. The van der Waals surface area contributed by atoms with E-state index in [9.17, 15) is 26.4 Å². The number of likely N-dealkylation sites (tertiary alicyclic amines) is 2. The van der Waals surface area contributed by atoms with Crippen molar-refractivity contribution in [3.05, 3.63) is 70.8 Å². The third kappa shape index (κ3) is 21.0. The van der Waals surface area contributed by atoms with Gasteiger partial charge in [-0.2, -0.15) is 0 Å². The molecule has 6 fully saturated rings. The Labute approximate surface area is 438 Å². The summed E-state index contributed by atoms with van der Waals surface area (Å²) in [5.74, 6) is 1.57. The van der Waals surface area contributed by atoms with Gasteiger partial charge in [0.2, 0.25) is 20.0 Å². The first-order valence-corrected chi connectivity index (χ1v) is 29.4. The standard InChI is InChI=1S/C26H41N3O4S.C15H30N2O.C11H13NO4S.2ClH/c1-2-33-19-21-6-5-15-29(17-21)18-23-7-3-4-8-25(23)28-26(30)22-11-9-20(10-12-22)16-27-34(31,32)24-13-14-24;1-2-18-12-13-6-5-9-17(10-13)11-14-7-3-4-8-15(14)16;13-11(14)9-3-1-8(2-4-9)7-12-17(15,16)10-5-6-10;;/h9-12,21,23-25,27H,2-8,13-19H2,1H3,(H,28,30);13-15H,2-12,16H2,1H3;1-4,10,12H,5-7H2,(H,13,14);2*1H/t21-,23-,25+;13-,14-,15+;;;/m11.../s1. The quantitative estimate of drug-likeness (QED) is 0.0831. The van der Waals surface area contributed by atoms with Crippen LogP contribution in [0.25, 0.3) is 0 Å². The predicted octanol–water partition coefficient (Wildman–Crippen LogP) is 7.37. The highest BCUT2D eigenvalue weighted by molar-refractivity contribution is 7.90. The van der Waals surface area contributed by atoms with Crippen molar-refractivity contribution < 1.29 is 41.0 Å². The fraction of sp³-hybridized carbons (Fsp3) is 0.731. The number of ether oxygens (including phenoxy) is 2. The van der Waals surface area contributed by atoms with Gasteiger partial charge in [-0.15, -0.1) is 24.8 Å². The summed E-state index contributed by atoms with van der Waals surface area (Å²) < 4.78 is 63.5. The zero-order valence-electron chi connectivity index (χ0n) is 42.4. The Bertz CT molecular complexity index is 2100. The highest BCUT2D eigenvalue weighted by Gasteiger charge is 2.36. The number of benzene rings is 2. The largest absolute Gasteiger partial charge is 0.478 e. The third-order valence-electron chi connectivity index (χ3n) is 14.8. The fourth-order valence-electron chi connectivity index (χ4n) is 10.4. The molecular formula is C52H86Cl2N6O9S2. The summed E-state index contributed by atoms with van der Waals surface area (Å²) in [5.41, 5.74) is 8.70. The van der Waals surface area contributed by atoms with Crippen molar-refractivity contribution in [3.8, 4) is 0 Å². The number of rotatable bonds is 21. The number of aromatic carboxylic acids is 1. The van der Waals surface area contributed by atoms with E-state index in [4.69, 9.17) is 20.3 Å². The molecule has 2 aromatic carbocycles.